The lowest BCUT2D eigenvalue weighted by Crippen LogP contribution is -2.12. The summed E-state index contributed by atoms with van der Waals surface area (Å²) in [4.78, 5) is 0. The fourth-order valence-electron chi connectivity index (χ4n) is 1.49. The first-order valence-electron chi connectivity index (χ1n) is 5.42. The molecule has 84 valence electrons. The highest BCUT2D eigenvalue weighted by atomic mass is 31.1. The summed E-state index contributed by atoms with van der Waals surface area (Å²) in [6.07, 6.45) is 1.09. The quantitative estimate of drug-likeness (QED) is 0.690. The molecule has 2 nitrogen and oxygen atoms in total. The molecule has 3 heteroatoms. The molecule has 0 saturated heterocycles. The Labute approximate surface area is 94.5 Å². The highest BCUT2D eigenvalue weighted by Crippen LogP contribution is 2.28. The molecular formula is C12H20NOP. The minimum atomic E-state index is 0.854. The number of hydrogen-bond donors (Lipinski definition) is 0. The van der Waals surface area contributed by atoms with E-state index in [9.17, 15) is 0 Å². The van der Waals surface area contributed by atoms with E-state index in [1.807, 2.05) is 12.1 Å². The van der Waals surface area contributed by atoms with E-state index < -0.39 is 0 Å². The van der Waals surface area contributed by atoms with Gasteiger partial charge in [0.15, 0.2) is 0 Å². The Morgan fingerprint density at radius 3 is 2.47 bits per heavy atom. The van der Waals surface area contributed by atoms with Crippen LogP contribution in [0.5, 0.6) is 5.75 Å². The standard InChI is InChI=1S/C12H20NOP/c1-4-13(5-2)15-10-11-8-6-7-9-12(11)14-3/h6-9,15H,4-5,10H2,1-3H3. The van der Waals surface area contributed by atoms with Gasteiger partial charge < -0.3 is 4.74 Å². The van der Waals surface area contributed by atoms with E-state index in [2.05, 4.69) is 30.7 Å². The Morgan fingerprint density at radius 2 is 1.87 bits per heavy atom. The zero-order valence-corrected chi connectivity index (χ0v) is 10.8. The first-order valence-corrected chi connectivity index (χ1v) is 6.57. The van der Waals surface area contributed by atoms with Crippen molar-refractivity contribution < 1.29 is 4.74 Å². The van der Waals surface area contributed by atoms with Gasteiger partial charge in [-0.2, -0.15) is 0 Å². The molecule has 1 rings (SSSR count). The fraction of sp³-hybridized carbons (Fsp3) is 0.500. The number of para-hydroxylation sites is 1. The van der Waals surface area contributed by atoms with E-state index in [1.165, 1.54) is 5.56 Å². The molecule has 0 N–H and O–H groups in total. The maximum absolute atomic E-state index is 5.33. The van der Waals surface area contributed by atoms with Gasteiger partial charge in [-0.25, -0.2) is 0 Å². The van der Waals surface area contributed by atoms with Crippen LogP contribution in [0, 0.1) is 0 Å². The van der Waals surface area contributed by atoms with Gasteiger partial charge in [0.25, 0.3) is 0 Å². The zero-order chi connectivity index (χ0) is 11.1. The normalized spacial score (nSPS) is 11.5. The van der Waals surface area contributed by atoms with E-state index in [1.54, 1.807) is 7.11 Å². The van der Waals surface area contributed by atoms with Crippen molar-refractivity contribution in [1.82, 2.24) is 4.67 Å². The molecule has 0 bridgehead atoms. The number of methoxy groups -OCH3 is 1. The van der Waals surface area contributed by atoms with Crippen LogP contribution < -0.4 is 4.74 Å². The molecule has 1 aromatic rings. The minimum absolute atomic E-state index is 0.854. The van der Waals surface area contributed by atoms with Gasteiger partial charge in [0.1, 0.15) is 5.75 Å². The average molecular weight is 225 g/mol. The van der Waals surface area contributed by atoms with Crippen LogP contribution in [0.3, 0.4) is 0 Å². The number of ether oxygens (including phenoxy) is 1. The van der Waals surface area contributed by atoms with Gasteiger partial charge in [-0.05, 0) is 33.5 Å². The molecule has 0 amide bonds. The molecule has 0 aromatic heterocycles. The summed E-state index contributed by atoms with van der Waals surface area (Å²) in [5.41, 5.74) is 1.31. The van der Waals surface area contributed by atoms with Crippen LogP contribution in [0.4, 0.5) is 0 Å². The van der Waals surface area contributed by atoms with Gasteiger partial charge in [0.05, 0.1) is 7.11 Å². The third-order valence-electron chi connectivity index (χ3n) is 2.45. The topological polar surface area (TPSA) is 12.5 Å². The van der Waals surface area contributed by atoms with Crippen molar-refractivity contribution in [2.24, 2.45) is 0 Å². The van der Waals surface area contributed by atoms with Gasteiger partial charge in [0.2, 0.25) is 0 Å². The second-order valence-corrected chi connectivity index (χ2v) is 4.62. The molecule has 0 heterocycles. The van der Waals surface area contributed by atoms with Gasteiger partial charge in [-0.15, -0.1) is 0 Å². The summed E-state index contributed by atoms with van der Waals surface area (Å²) in [6.45, 7) is 6.67. The van der Waals surface area contributed by atoms with Crippen molar-refractivity contribution in [1.29, 1.82) is 0 Å². The van der Waals surface area contributed by atoms with E-state index in [4.69, 9.17) is 4.74 Å². The number of rotatable bonds is 6. The number of hydrogen-bond acceptors (Lipinski definition) is 2. The van der Waals surface area contributed by atoms with Gasteiger partial charge in [-0.3, -0.25) is 4.67 Å². The second-order valence-electron chi connectivity index (χ2n) is 3.32. The third kappa shape index (κ3) is 3.81. The summed E-state index contributed by atoms with van der Waals surface area (Å²) in [6, 6.07) is 8.27. The van der Waals surface area contributed by atoms with Crippen LogP contribution in [0.1, 0.15) is 19.4 Å². The molecule has 0 spiro atoms. The van der Waals surface area contributed by atoms with Crippen LogP contribution in [0.2, 0.25) is 0 Å². The number of nitrogens with zero attached hydrogens (tertiary/aromatic N) is 1. The van der Waals surface area contributed by atoms with Crippen molar-refractivity contribution >= 4 is 8.73 Å². The van der Waals surface area contributed by atoms with Gasteiger partial charge in [0, 0.05) is 6.16 Å². The van der Waals surface area contributed by atoms with Crippen molar-refractivity contribution in [2.45, 2.75) is 20.0 Å². The second kappa shape index (κ2) is 6.81. The molecule has 0 fully saturated rings. The van der Waals surface area contributed by atoms with Crippen LogP contribution in [-0.4, -0.2) is 24.9 Å². The largest absolute Gasteiger partial charge is 0.496 e. The smallest absolute Gasteiger partial charge is 0.122 e. The monoisotopic (exact) mass is 225 g/mol. The fourth-order valence-corrected chi connectivity index (χ4v) is 2.63. The minimum Gasteiger partial charge on any atom is -0.496 e. The van der Waals surface area contributed by atoms with Crippen molar-refractivity contribution in [3.05, 3.63) is 29.8 Å². The van der Waals surface area contributed by atoms with Crippen molar-refractivity contribution in [3.8, 4) is 5.75 Å². The SMILES string of the molecule is CCN(CC)PCc1ccccc1OC. The molecule has 0 aliphatic carbocycles. The molecule has 1 aromatic carbocycles. The summed E-state index contributed by atoms with van der Waals surface area (Å²) in [5, 5.41) is 0. The molecule has 0 aliphatic rings. The van der Waals surface area contributed by atoms with E-state index in [-0.39, 0.29) is 0 Å². The lowest BCUT2D eigenvalue weighted by atomic mass is 10.2. The Bertz CT molecular complexity index is 287. The van der Waals surface area contributed by atoms with E-state index in [0.717, 1.165) is 33.7 Å². The summed E-state index contributed by atoms with van der Waals surface area (Å²) in [7, 11) is 2.59. The predicted octanol–water partition coefficient (Wildman–Crippen LogP) is 3.13. The highest BCUT2D eigenvalue weighted by molar-refractivity contribution is 7.34. The summed E-state index contributed by atoms with van der Waals surface area (Å²) >= 11 is 0. The zero-order valence-electron chi connectivity index (χ0n) is 9.79. The van der Waals surface area contributed by atoms with Crippen molar-refractivity contribution in [3.63, 3.8) is 0 Å². The first kappa shape index (κ1) is 12.5. The predicted molar refractivity (Wildman–Crippen MR) is 67.9 cm³/mol. The summed E-state index contributed by atoms with van der Waals surface area (Å²) < 4.78 is 7.78. The number of benzene rings is 1. The van der Waals surface area contributed by atoms with Crippen LogP contribution in [0.15, 0.2) is 24.3 Å². The maximum atomic E-state index is 5.33. The average Bonchev–Trinajstić information content (AvgIpc) is 2.31. The van der Waals surface area contributed by atoms with Crippen LogP contribution in [-0.2, 0) is 6.16 Å². The molecule has 1 atom stereocenters. The Kier molecular flexibility index (Phi) is 5.67. The molecule has 0 aliphatic heterocycles. The Morgan fingerprint density at radius 1 is 1.20 bits per heavy atom. The van der Waals surface area contributed by atoms with E-state index >= 15 is 0 Å². The van der Waals surface area contributed by atoms with Crippen LogP contribution in [0.25, 0.3) is 0 Å². The van der Waals surface area contributed by atoms with Gasteiger partial charge in [-0.1, -0.05) is 32.0 Å². The highest BCUT2D eigenvalue weighted by Gasteiger charge is 2.03. The van der Waals surface area contributed by atoms with Crippen molar-refractivity contribution in [2.75, 3.05) is 20.2 Å². The lowest BCUT2D eigenvalue weighted by Gasteiger charge is -2.18. The molecule has 0 saturated carbocycles. The molecule has 1 unspecified atom stereocenters. The third-order valence-corrected chi connectivity index (χ3v) is 4.07. The van der Waals surface area contributed by atoms with Crippen LogP contribution >= 0.6 is 8.73 Å². The first-order chi connectivity index (χ1) is 7.31. The maximum Gasteiger partial charge on any atom is 0.122 e. The molecule has 15 heavy (non-hydrogen) atoms. The molecular weight excluding hydrogens is 205 g/mol. The Balaban J connectivity index is 2.56. The Hall–Kier alpha value is -0.590. The lowest BCUT2D eigenvalue weighted by molar-refractivity contribution is 0.411. The summed E-state index contributed by atoms with van der Waals surface area (Å²) in [5.74, 6) is 1.01. The van der Waals surface area contributed by atoms with Gasteiger partial charge >= 0.3 is 0 Å². The molecule has 0 radical (unpaired) electrons. The van der Waals surface area contributed by atoms with E-state index in [0.29, 0.717) is 0 Å².